The van der Waals surface area contributed by atoms with Crippen LogP contribution in [0.4, 0.5) is 18.7 Å². The molecule has 0 radical (unpaired) electrons. The summed E-state index contributed by atoms with van der Waals surface area (Å²) in [6.07, 6.45) is 2.40. The molecular formula is C35H48F2N4O6S2. The number of thiazole rings is 1. The van der Waals surface area contributed by atoms with Crippen LogP contribution >= 0.6 is 11.3 Å². The van der Waals surface area contributed by atoms with Gasteiger partial charge in [-0.3, -0.25) is 0 Å². The number of amides is 1. The molecule has 49 heavy (non-hydrogen) atoms. The number of fused-ring (bicyclic) bond motifs is 1. The highest BCUT2D eigenvalue weighted by Crippen LogP contribution is 2.33. The van der Waals surface area contributed by atoms with E-state index in [-0.39, 0.29) is 55.2 Å². The number of hydrogen-bond donors (Lipinski definition) is 2. The fraction of sp³-hybridized carbons (Fsp3) is 0.600. The lowest BCUT2D eigenvalue weighted by molar-refractivity contribution is -0.181. The number of sulfonamides is 1. The van der Waals surface area contributed by atoms with Gasteiger partial charge in [0.15, 0.2) is 11.4 Å². The maximum atomic E-state index is 14.2. The minimum absolute atomic E-state index is 0.00407. The zero-order chi connectivity index (χ0) is 35.3. The Labute approximate surface area is 292 Å². The predicted molar refractivity (Wildman–Crippen MR) is 186 cm³/mol. The van der Waals surface area contributed by atoms with E-state index < -0.39 is 46.2 Å². The maximum Gasteiger partial charge on any atom is 0.407 e. The van der Waals surface area contributed by atoms with Gasteiger partial charge in [-0.15, -0.1) is 0 Å². The van der Waals surface area contributed by atoms with Crippen LogP contribution in [0.1, 0.15) is 65.4 Å². The summed E-state index contributed by atoms with van der Waals surface area (Å²) in [5, 5.41) is 7.01. The Morgan fingerprint density at radius 1 is 1.08 bits per heavy atom. The molecule has 1 aromatic heterocycles. The van der Waals surface area contributed by atoms with Gasteiger partial charge in [-0.2, -0.15) is 4.31 Å². The monoisotopic (exact) mass is 722 g/mol. The first-order valence-electron chi connectivity index (χ1n) is 17.0. The average molecular weight is 723 g/mol. The number of carbonyl (C=O) groups is 1. The molecule has 2 N–H and O–H groups in total. The second kappa shape index (κ2) is 16.4. The van der Waals surface area contributed by atoms with Crippen molar-refractivity contribution >= 4 is 42.8 Å². The normalized spacial score (nSPS) is 22.6. The molecule has 2 heterocycles. The fourth-order valence-corrected chi connectivity index (χ4v) is 8.79. The van der Waals surface area contributed by atoms with Crippen molar-refractivity contribution in [1.82, 2.24) is 14.6 Å². The quantitative estimate of drug-likeness (QED) is 0.184. The Bertz CT molecular complexity index is 1670. The minimum Gasteiger partial charge on any atom is -0.443 e. The Morgan fingerprint density at radius 3 is 2.47 bits per heavy atom. The molecule has 0 bridgehead atoms. The summed E-state index contributed by atoms with van der Waals surface area (Å²) in [6, 6.07) is 7.87. The number of nitrogens with one attached hydrogen (secondary N) is 2. The molecule has 10 nitrogen and oxygen atoms in total. The van der Waals surface area contributed by atoms with E-state index >= 15 is 0 Å². The summed E-state index contributed by atoms with van der Waals surface area (Å²) in [6.45, 7) is 8.35. The van der Waals surface area contributed by atoms with E-state index in [0.29, 0.717) is 11.6 Å². The second-order valence-electron chi connectivity index (χ2n) is 13.8. The van der Waals surface area contributed by atoms with Crippen LogP contribution in [-0.2, 0) is 30.7 Å². The molecule has 3 aromatic rings. The largest absolute Gasteiger partial charge is 0.443 e. The number of rotatable bonds is 14. The van der Waals surface area contributed by atoms with Crippen molar-refractivity contribution in [3.8, 4) is 0 Å². The van der Waals surface area contributed by atoms with E-state index in [1.54, 1.807) is 25.3 Å². The smallest absolute Gasteiger partial charge is 0.407 e. The SMILES string of the molecule is COC1OCC(OC(=O)N[C@H](CCN(CC(C)C)S(=O)(=O)c2ccc3nc(NC4CC4)sc3c2)Cc2cc(F)cc(F)c2)C(C)CCC1C. The first-order valence-corrected chi connectivity index (χ1v) is 19.3. The molecule has 1 aliphatic carbocycles. The number of anilines is 1. The number of methoxy groups -OCH3 is 1. The van der Waals surface area contributed by atoms with E-state index in [0.717, 1.165) is 47.1 Å². The van der Waals surface area contributed by atoms with Crippen molar-refractivity contribution in [3.05, 3.63) is 53.6 Å². The third-order valence-corrected chi connectivity index (χ3v) is 11.8. The molecule has 2 aromatic carbocycles. The summed E-state index contributed by atoms with van der Waals surface area (Å²) < 4.78 is 75.9. The van der Waals surface area contributed by atoms with Crippen LogP contribution in [0.3, 0.4) is 0 Å². The van der Waals surface area contributed by atoms with Crippen molar-refractivity contribution in [3.63, 3.8) is 0 Å². The molecule has 5 rings (SSSR count). The summed E-state index contributed by atoms with van der Waals surface area (Å²) in [5.74, 6) is -1.27. The van der Waals surface area contributed by atoms with Gasteiger partial charge < -0.3 is 24.8 Å². The number of ether oxygens (including phenoxy) is 3. The Kier molecular flexibility index (Phi) is 12.5. The molecule has 1 saturated carbocycles. The first kappa shape index (κ1) is 37.3. The number of nitrogens with zero attached hydrogens (tertiary/aromatic N) is 2. The van der Waals surface area contributed by atoms with Crippen LogP contribution in [0, 0.1) is 29.4 Å². The maximum absolute atomic E-state index is 14.2. The summed E-state index contributed by atoms with van der Waals surface area (Å²) in [7, 11) is -2.37. The van der Waals surface area contributed by atoms with Gasteiger partial charge in [0, 0.05) is 44.3 Å². The Balaban J connectivity index is 1.33. The van der Waals surface area contributed by atoms with E-state index in [1.807, 2.05) is 20.8 Å². The van der Waals surface area contributed by atoms with Crippen molar-refractivity contribution in [1.29, 1.82) is 0 Å². The molecule has 1 saturated heterocycles. The highest BCUT2D eigenvalue weighted by atomic mass is 32.2. The van der Waals surface area contributed by atoms with Gasteiger partial charge in [0.1, 0.15) is 17.7 Å². The topological polar surface area (TPSA) is 119 Å². The van der Waals surface area contributed by atoms with Crippen molar-refractivity contribution < 1.29 is 36.2 Å². The lowest BCUT2D eigenvalue weighted by atomic mass is 9.92. The summed E-state index contributed by atoms with van der Waals surface area (Å²) in [4.78, 5) is 18.1. The molecule has 5 atom stereocenters. The lowest BCUT2D eigenvalue weighted by Gasteiger charge is -2.33. The molecule has 4 unspecified atom stereocenters. The highest BCUT2D eigenvalue weighted by Gasteiger charge is 2.31. The molecular weight excluding hydrogens is 675 g/mol. The minimum atomic E-state index is -3.95. The van der Waals surface area contributed by atoms with Gasteiger partial charge >= 0.3 is 6.09 Å². The third kappa shape index (κ3) is 10.3. The van der Waals surface area contributed by atoms with Crippen LogP contribution < -0.4 is 10.6 Å². The molecule has 0 spiro atoms. The van der Waals surface area contributed by atoms with Crippen LogP contribution in [0.5, 0.6) is 0 Å². The summed E-state index contributed by atoms with van der Waals surface area (Å²) in [5.41, 5.74) is 1.05. The molecule has 2 aliphatic rings. The predicted octanol–water partition coefficient (Wildman–Crippen LogP) is 6.95. The standard InChI is InChI=1S/C35H48F2N4O6S2/c1-21(2)19-41(49(43,44)29-10-11-30-32(18-29)48-34(40-30)38-27-8-9-27)13-12-28(16-24-14-25(36)17-26(37)15-24)39-35(42)47-31-20-46-33(45-5)23(4)7-6-22(31)3/h10-11,14-15,17-18,21-23,27-28,31,33H,6-9,12-13,16,19-20H2,1-5H3,(H,38,40)(H,39,42)/t22?,23?,28-,31?,33?/m1/s1. The molecule has 1 amide bonds. The average Bonchev–Trinajstić information content (AvgIpc) is 3.75. The number of aromatic nitrogens is 1. The number of halogens is 2. The summed E-state index contributed by atoms with van der Waals surface area (Å²) >= 11 is 1.42. The van der Waals surface area contributed by atoms with Gasteiger partial charge in [-0.25, -0.2) is 27.0 Å². The molecule has 2 fully saturated rings. The third-order valence-electron chi connectivity index (χ3n) is 9.02. The number of benzene rings is 2. The zero-order valence-corrected chi connectivity index (χ0v) is 30.4. The van der Waals surface area contributed by atoms with Crippen molar-refractivity contribution in [2.45, 2.75) is 95.6 Å². The van der Waals surface area contributed by atoms with Gasteiger partial charge in [-0.1, -0.05) is 39.0 Å². The first-order chi connectivity index (χ1) is 23.3. The van der Waals surface area contributed by atoms with E-state index in [9.17, 15) is 22.0 Å². The lowest BCUT2D eigenvalue weighted by Crippen LogP contribution is -2.44. The van der Waals surface area contributed by atoms with Crippen LogP contribution in [-0.4, -0.2) is 75.1 Å². The molecule has 14 heteroatoms. The number of carbonyl (C=O) groups excluding carboxylic acids is 1. The van der Waals surface area contributed by atoms with Gasteiger partial charge in [-0.05, 0) is 86.3 Å². The van der Waals surface area contributed by atoms with Crippen LogP contribution in [0.15, 0.2) is 41.3 Å². The van der Waals surface area contributed by atoms with E-state index in [1.165, 1.54) is 27.8 Å². The zero-order valence-electron chi connectivity index (χ0n) is 28.8. The Hall–Kier alpha value is -2.91. The van der Waals surface area contributed by atoms with Gasteiger partial charge in [0.05, 0.1) is 21.7 Å². The van der Waals surface area contributed by atoms with Crippen LogP contribution in [0.2, 0.25) is 0 Å². The highest BCUT2D eigenvalue weighted by molar-refractivity contribution is 7.89. The Morgan fingerprint density at radius 2 is 1.80 bits per heavy atom. The van der Waals surface area contributed by atoms with Crippen molar-refractivity contribution in [2.75, 3.05) is 32.1 Å². The van der Waals surface area contributed by atoms with Gasteiger partial charge in [0.25, 0.3) is 0 Å². The number of alkyl carbamates (subject to hydrolysis) is 1. The fourth-order valence-electron chi connectivity index (χ4n) is 6.09. The van der Waals surface area contributed by atoms with E-state index in [2.05, 4.69) is 22.5 Å². The van der Waals surface area contributed by atoms with Crippen molar-refractivity contribution in [2.24, 2.45) is 17.8 Å². The second-order valence-corrected chi connectivity index (χ2v) is 16.8. The number of hydrogen-bond acceptors (Lipinski definition) is 9. The molecule has 270 valence electrons. The van der Waals surface area contributed by atoms with Gasteiger partial charge in [0.2, 0.25) is 10.0 Å². The van der Waals surface area contributed by atoms with Crippen LogP contribution in [0.25, 0.3) is 10.2 Å². The van der Waals surface area contributed by atoms with E-state index in [4.69, 9.17) is 14.2 Å². The molecule has 1 aliphatic heterocycles.